The molecule has 0 spiro atoms. The Bertz CT molecular complexity index is 1270. The maximum Gasteiger partial charge on any atom is 0.259 e. The molecule has 0 saturated heterocycles. The lowest BCUT2D eigenvalue weighted by Gasteiger charge is -2.11. The quantitative estimate of drug-likeness (QED) is 0.280. The Morgan fingerprint density at radius 1 is 1.03 bits per heavy atom. The van der Waals surface area contributed by atoms with Gasteiger partial charge in [-0.2, -0.15) is 4.80 Å². The van der Waals surface area contributed by atoms with Crippen LogP contribution in [0.2, 0.25) is 0 Å². The standard InChI is InChI=1S/C24H22Br2N4O2/c1-3-4-5-15-6-9-18(10-7-15)30-28-21-11-8-17(14-22(21)29-30)27-24(31)19-12-16(25)13-20(26)23(19)32-2/h6-14H,3-5H2,1-2H3,(H,27,31). The summed E-state index contributed by atoms with van der Waals surface area (Å²) in [7, 11) is 1.53. The molecule has 0 radical (unpaired) electrons. The number of halogens is 2. The Kier molecular flexibility index (Phi) is 6.91. The molecule has 0 aliphatic carbocycles. The van der Waals surface area contributed by atoms with Crippen molar-refractivity contribution in [3.05, 3.63) is 74.7 Å². The summed E-state index contributed by atoms with van der Waals surface area (Å²) in [6, 6.07) is 17.3. The highest BCUT2D eigenvalue weighted by atomic mass is 79.9. The Morgan fingerprint density at radius 3 is 2.50 bits per heavy atom. The number of anilines is 1. The van der Waals surface area contributed by atoms with E-state index in [1.165, 1.54) is 25.5 Å². The number of nitrogens with zero attached hydrogens (tertiary/aromatic N) is 3. The van der Waals surface area contributed by atoms with Crippen molar-refractivity contribution in [3.8, 4) is 11.4 Å². The van der Waals surface area contributed by atoms with Crippen molar-refractivity contribution in [1.29, 1.82) is 0 Å². The van der Waals surface area contributed by atoms with Crippen LogP contribution in [0.4, 0.5) is 5.69 Å². The average Bonchev–Trinajstić information content (AvgIpc) is 3.21. The first-order valence-electron chi connectivity index (χ1n) is 10.3. The number of rotatable bonds is 7. The molecule has 4 aromatic rings. The highest BCUT2D eigenvalue weighted by Gasteiger charge is 2.17. The van der Waals surface area contributed by atoms with Crippen molar-refractivity contribution >= 4 is 54.5 Å². The minimum Gasteiger partial charge on any atom is -0.495 e. The Labute approximate surface area is 203 Å². The third-order valence-electron chi connectivity index (χ3n) is 5.08. The van der Waals surface area contributed by atoms with Crippen LogP contribution in [-0.2, 0) is 6.42 Å². The number of ether oxygens (including phenoxy) is 1. The van der Waals surface area contributed by atoms with Crippen LogP contribution < -0.4 is 10.1 Å². The van der Waals surface area contributed by atoms with Crippen molar-refractivity contribution in [3.63, 3.8) is 0 Å². The summed E-state index contributed by atoms with van der Waals surface area (Å²) in [5.41, 5.74) is 4.70. The van der Waals surface area contributed by atoms with Crippen LogP contribution in [-0.4, -0.2) is 28.0 Å². The molecule has 0 fully saturated rings. The lowest BCUT2D eigenvalue weighted by atomic mass is 10.1. The number of methoxy groups -OCH3 is 1. The molecule has 8 heteroatoms. The predicted molar refractivity (Wildman–Crippen MR) is 134 cm³/mol. The second-order valence-electron chi connectivity index (χ2n) is 7.39. The number of nitrogens with one attached hydrogen (secondary N) is 1. The number of amides is 1. The minimum absolute atomic E-state index is 0.279. The normalized spacial score (nSPS) is 11.0. The van der Waals surface area contributed by atoms with Crippen LogP contribution in [0.3, 0.4) is 0 Å². The molecule has 4 rings (SSSR count). The Hall–Kier alpha value is -2.71. The number of hydrogen-bond acceptors (Lipinski definition) is 4. The highest BCUT2D eigenvalue weighted by Crippen LogP contribution is 2.33. The molecule has 0 bridgehead atoms. The molecule has 6 nitrogen and oxygen atoms in total. The van der Waals surface area contributed by atoms with E-state index in [2.05, 4.69) is 66.4 Å². The molecular weight excluding hydrogens is 536 g/mol. The van der Waals surface area contributed by atoms with Gasteiger partial charge in [0, 0.05) is 10.2 Å². The van der Waals surface area contributed by atoms with Gasteiger partial charge in [0.15, 0.2) is 0 Å². The maximum atomic E-state index is 12.9. The number of carbonyl (C=O) groups excluding carboxylic acids is 1. The molecular formula is C24H22Br2N4O2. The van der Waals surface area contributed by atoms with E-state index in [9.17, 15) is 4.79 Å². The lowest BCUT2D eigenvalue weighted by molar-refractivity contribution is 0.102. The van der Waals surface area contributed by atoms with Gasteiger partial charge in [-0.25, -0.2) is 0 Å². The molecule has 164 valence electrons. The van der Waals surface area contributed by atoms with Crippen molar-refractivity contribution in [2.45, 2.75) is 26.2 Å². The van der Waals surface area contributed by atoms with Crippen LogP contribution in [0.15, 0.2) is 63.5 Å². The summed E-state index contributed by atoms with van der Waals surface area (Å²) in [6.07, 6.45) is 3.44. The van der Waals surface area contributed by atoms with Gasteiger partial charge in [-0.1, -0.05) is 41.4 Å². The van der Waals surface area contributed by atoms with E-state index in [4.69, 9.17) is 4.74 Å². The monoisotopic (exact) mass is 556 g/mol. The van der Waals surface area contributed by atoms with E-state index in [0.717, 1.165) is 22.1 Å². The molecule has 0 unspecified atom stereocenters. The Balaban J connectivity index is 1.57. The molecule has 1 amide bonds. The van der Waals surface area contributed by atoms with E-state index in [1.807, 2.05) is 36.4 Å². The second kappa shape index (κ2) is 9.83. The van der Waals surface area contributed by atoms with Crippen molar-refractivity contribution in [1.82, 2.24) is 15.0 Å². The van der Waals surface area contributed by atoms with Gasteiger partial charge in [0.2, 0.25) is 0 Å². The average molecular weight is 558 g/mol. The fourth-order valence-corrected chi connectivity index (χ4v) is 4.81. The van der Waals surface area contributed by atoms with Crippen molar-refractivity contribution in [2.75, 3.05) is 12.4 Å². The zero-order valence-corrected chi connectivity index (χ0v) is 20.9. The number of hydrogen-bond donors (Lipinski definition) is 1. The summed E-state index contributed by atoms with van der Waals surface area (Å²) in [5, 5.41) is 12.1. The van der Waals surface area contributed by atoms with Crippen LogP contribution >= 0.6 is 31.9 Å². The smallest absolute Gasteiger partial charge is 0.259 e. The molecule has 1 N–H and O–H groups in total. The van der Waals surface area contributed by atoms with Crippen molar-refractivity contribution in [2.24, 2.45) is 0 Å². The maximum absolute atomic E-state index is 12.9. The topological polar surface area (TPSA) is 69.0 Å². The van der Waals surface area contributed by atoms with Gasteiger partial charge >= 0.3 is 0 Å². The summed E-state index contributed by atoms with van der Waals surface area (Å²) in [5.74, 6) is 0.193. The molecule has 0 saturated carbocycles. The van der Waals surface area contributed by atoms with Gasteiger partial charge in [-0.05, 0) is 76.8 Å². The van der Waals surface area contributed by atoms with Crippen LogP contribution in [0.25, 0.3) is 16.7 Å². The lowest BCUT2D eigenvalue weighted by Crippen LogP contribution is -2.13. The molecule has 32 heavy (non-hydrogen) atoms. The third kappa shape index (κ3) is 4.86. The van der Waals surface area contributed by atoms with Gasteiger partial charge in [-0.15, -0.1) is 10.2 Å². The number of unbranched alkanes of at least 4 members (excludes halogenated alkanes) is 1. The van der Waals surface area contributed by atoms with Gasteiger partial charge < -0.3 is 10.1 Å². The van der Waals surface area contributed by atoms with Crippen LogP contribution in [0.1, 0.15) is 35.7 Å². The number of aromatic nitrogens is 3. The minimum atomic E-state index is -0.279. The summed E-state index contributed by atoms with van der Waals surface area (Å²) in [4.78, 5) is 14.5. The molecule has 0 aliphatic rings. The molecule has 1 heterocycles. The van der Waals surface area contributed by atoms with Crippen LogP contribution in [0.5, 0.6) is 5.75 Å². The van der Waals surface area contributed by atoms with E-state index >= 15 is 0 Å². The van der Waals surface area contributed by atoms with E-state index in [0.29, 0.717) is 27.0 Å². The predicted octanol–water partition coefficient (Wildman–Crippen LogP) is 6.55. The number of aryl methyl sites for hydroxylation is 1. The first-order chi connectivity index (χ1) is 15.5. The summed E-state index contributed by atoms with van der Waals surface area (Å²) < 4.78 is 6.85. The summed E-state index contributed by atoms with van der Waals surface area (Å²) in [6.45, 7) is 2.19. The largest absolute Gasteiger partial charge is 0.495 e. The fraction of sp³-hybridized carbons (Fsp3) is 0.208. The molecule has 3 aromatic carbocycles. The fourth-order valence-electron chi connectivity index (χ4n) is 3.42. The van der Waals surface area contributed by atoms with Crippen LogP contribution in [0, 0.1) is 0 Å². The van der Waals surface area contributed by atoms with E-state index in [1.54, 1.807) is 10.9 Å². The first-order valence-corrected chi connectivity index (χ1v) is 11.9. The zero-order chi connectivity index (χ0) is 22.7. The van der Waals surface area contributed by atoms with Gasteiger partial charge in [-0.3, -0.25) is 4.79 Å². The van der Waals surface area contributed by atoms with Gasteiger partial charge in [0.1, 0.15) is 16.8 Å². The number of benzene rings is 3. The van der Waals surface area contributed by atoms with Gasteiger partial charge in [0.25, 0.3) is 5.91 Å². The number of fused-ring (bicyclic) bond motifs is 1. The van der Waals surface area contributed by atoms with Crippen molar-refractivity contribution < 1.29 is 9.53 Å². The van der Waals surface area contributed by atoms with E-state index < -0.39 is 0 Å². The molecule has 0 aliphatic heterocycles. The summed E-state index contributed by atoms with van der Waals surface area (Å²) >= 11 is 6.85. The SMILES string of the molecule is CCCCc1ccc(-n2nc3ccc(NC(=O)c4cc(Br)cc(Br)c4OC)cc3n2)cc1. The van der Waals surface area contributed by atoms with E-state index in [-0.39, 0.29) is 5.91 Å². The zero-order valence-electron chi connectivity index (χ0n) is 17.7. The Morgan fingerprint density at radius 2 is 1.78 bits per heavy atom. The molecule has 1 aromatic heterocycles. The highest BCUT2D eigenvalue weighted by molar-refractivity contribution is 9.11. The second-order valence-corrected chi connectivity index (χ2v) is 9.16. The van der Waals surface area contributed by atoms with Gasteiger partial charge in [0.05, 0.1) is 22.8 Å². The first kappa shape index (κ1) is 22.5. The number of carbonyl (C=O) groups is 1. The molecule has 0 atom stereocenters. The third-order valence-corrected chi connectivity index (χ3v) is 6.13.